The molecule has 3 rings (SSSR count). The second-order valence-electron chi connectivity index (χ2n) is 5.94. The standard InChI is InChI=1S/C14H25N5O/c20-10-2-4-13-16-14(18-17-13)19-8-5-11(6-9-19)12-3-1-7-15-12/h11-12,15,20H,1-10H2,(H,16,17,18). The molecule has 1 atom stereocenters. The van der Waals surface area contributed by atoms with Crippen LogP contribution in [0.25, 0.3) is 0 Å². The van der Waals surface area contributed by atoms with Crippen LogP contribution in [0.15, 0.2) is 0 Å². The molecule has 0 amide bonds. The summed E-state index contributed by atoms with van der Waals surface area (Å²) in [6.45, 7) is 3.51. The van der Waals surface area contributed by atoms with Crippen molar-refractivity contribution in [3.63, 3.8) is 0 Å². The van der Waals surface area contributed by atoms with Crippen LogP contribution in [0.2, 0.25) is 0 Å². The minimum Gasteiger partial charge on any atom is -0.396 e. The third-order valence-electron chi connectivity index (χ3n) is 4.58. The van der Waals surface area contributed by atoms with Gasteiger partial charge in [-0.3, -0.25) is 5.10 Å². The van der Waals surface area contributed by atoms with Crippen molar-refractivity contribution in [1.82, 2.24) is 20.5 Å². The molecular weight excluding hydrogens is 254 g/mol. The van der Waals surface area contributed by atoms with Crippen LogP contribution in [-0.4, -0.2) is 52.6 Å². The molecule has 2 fully saturated rings. The molecule has 1 aromatic rings. The molecule has 2 aliphatic rings. The van der Waals surface area contributed by atoms with Crippen molar-refractivity contribution in [1.29, 1.82) is 0 Å². The number of rotatable bonds is 5. The van der Waals surface area contributed by atoms with Gasteiger partial charge < -0.3 is 15.3 Å². The van der Waals surface area contributed by atoms with Gasteiger partial charge in [0.1, 0.15) is 5.82 Å². The highest BCUT2D eigenvalue weighted by Crippen LogP contribution is 2.27. The fourth-order valence-electron chi connectivity index (χ4n) is 3.40. The molecule has 2 aliphatic heterocycles. The average Bonchev–Trinajstić information content (AvgIpc) is 3.17. The van der Waals surface area contributed by atoms with E-state index in [-0.39, 0.29) is 6.61 Å². The van der Waals surface area contributed by atoms with Crippen LogP contribution in [0, 0.1) is 5.92 Å². The van der Waals surface area contributed by atoms with Crippen LogP contribution in [-0.2, 0) is 6.42 Å². The molecule has 0 aliphatic carbocycles. The first-order valence-corrected chi connectivity index (χ1v) is 7.87. The maximum atomic E-state index is 8.84. The van der Waals surface area contributed by atoms with Gasteiger partial charge >= 0.3 is 0 Å². The predicted molar refractivity (Wildman–Crippen MR) is 77.8 cm³/mol. The summed E-state index contributed by atoms with van der Waals surface area (Å²) in [5.74, 6) is 2.53. The summed E-state index contributed by atoms with van der Waals surface area (Å²) < 4.78 is 0. The summed E-state index contributed by atoms with van der Waals surface area (Å²) in [5, 5.41) is 19.8. The van der Waals surface area contributed by atoms with E-state index in [4.69, 9.17) is 5.11 Å². The molecule has 6 heteroatoms. The van der Waals surface area contributed by atoms with Crippen molar-refractivity contribution in [3.8, 4) is 0 Å². The Kier molecular flexibility index (Phi) is 4.52. The lowest BCUT2D eigenvalue weighted by molar-refractivity contribution is 0.287. The SMILES string of the molecule is OCCCc1nc(N2CCC(C3CCCN3)CC2)n[nH]1. The van der Waals surface area contributed by atoms with Gasteiger partial charge in [0.25, 0.3) is 0 Å². The van der Waals surface area contributed by atoms with E-state index in [2.05, 4.69) is 25.4 Å². The summed E-state index contributed by atoms with van der Waals surface area (Å²) in [7, 11) is 0. The number of piperidine rings is 1. The highest BCUT2D eigenvalue weighted by Gasteiger charge is 2.29. The molecule has 1 unspecified atom stereocenters. The molecule has 6 nitrogen and oxygen atoms in total. The Morgan fingerprint density at radius 1 is 1.25 bits per heavy atom. The van der Waals surface area contributed by atoms with Crippen LogP contribution in [0.5, 0.6) is 0 Å². The van der Waals surface area contributed by atoms with Crippen LogP contribution < -0.4 is 10.2 Å². The third kappa shape index (κ3) is 3.12. The zero-order valence-corrected chi connectivity index (χ0v) is 12.0. The highest BCUT2D eigenvalue weighted by atomic mass is 16.2. The molecule has 1 aromatic heterocycles. The van der Waals surface area contributed by atoms with Crippen molar-refractivity contribution in [2.45, 2.75) is 44.6 Å². The molecule has 0 saturated carbocycles. The van der Waals surface area contributed by atoms with Gasteiger partial charge in [0.2, 0.25) is 5.95 Å². The Balaban J connectivity index is 1.51. The van der Waals surface area contributed by atoms with E-state index in [1.807, 2.05) is 0 Å². The summed E-state index contributed by atoms with van der Waals surface area (Å²) >= 11 is 0. The molecule has 0 radical (unpaired) electrons. The van der Waals surface area contributed by atoms with E-state index < -0.39 is 0 Å². The fourth-order valence-corrected chi connectivity index (χ4v) is 3.40. The summed E-state index contributed by atoms with van der Waals surface area (Å²) in [4.78, 5) is 6.81. The molecule has 3 heterocycles. The maximum Gasteiger partial charge on any atom is 0.244 e. The zero-order valence-electron chi connectivity index (χ0n) is 12.0. The van der Waals surface area contributed by atoms with Gasteiger partial charge in [-0.25, -0.2) is 0 Å². The van der Waals surface area contributed by atoms with Gasteiger partial charge in [-0.1, -0.05) is 0 Å². The second kappa shape index (κ2) is 6.54. The van der Waals surface area contributed by atoms with E-state index in [1.165, 1.54) is 32.2 Å². The third-order valence-corrected chi connectivity index (χ3v) is 4.58. The number of aliphatic hydroxyl groups excluding tert-OH is 1. The van der Waals surface area contributed by atoms with Crippen molar-refractivity contribution in [2.75, 3.05) is 31.1 Å². The van der Waals surface area contributed by atoms with Gasteiger partial charge in [-0.05, 0) is 44.6 Å². The van der Waals surface area contributed by atoms with Gasteiger partial charge in [0.05, 0.1) is 0 Å². The predicted octanol–water partition coefficient (Wildman–Crippen LogP) is 0.698. The molecule has 0 bridgehead atoms. The first kappa shape index (κ1) is 13.8. The van der Waals surface area contributed by atoms with E-state index in [0.29, 0.717) is 0 Å². The molecule has 112 valence electrons. The number of aryl methyl sites for hydroxylation is 1. The Bertz CT molecular complexity index is 407. The number of nitrogens with one attached hydrogen (secondary N) is 2. The van der Waals surface area contributed by atoms with Gasteiger partial charge in [0, 0.05) is 32.2 Å². The average molecular weight is 279 g/mol. The lowest BCUT2D eigenvalue weighted by atomic mass is 9.89. The topological polar surface area (TPSA) is 77.1 Å². The number of aliphatic hydroxyl groups is 1. The van der Waals surface area contributed by atoms with Crippen LogP contribution in [0.4, 0.5) is 5.95 Å². The summed E-state index contributed by atoms with van der Waals surface area (Å²) in [5.41, 5.74) is 0. The molecular formula is C14H25N5O. The largest absolute Gasteiger partial charge is 0.396 e. The Morgan fingerprint density at radius 3 is 2.80 bits per heavy atom. The Labute approximate surface area is 120 Å². The van der Waals surface area contributed by atoms with E-state index in [1.54, 1.807) is 0 Å². The number of H-pyrrole nitrogens is 1. The number of aromatic amines is 1. The van der Waals surface area contributed by atoms with E-state index >= 15 is 0 Å². The fraction of sp³-hybridized carbons (Fsp3) is 0.857. The van der Waals surface area contributed by atoms with E-state index in [0.717, 1.165) is 49.7 Å². The van der Waals surface area contributed by atoms with Crippen molar-refractivity contribution < 1.29 is 5.11 Å². The van der Waals surface area contributed by atoms with Crippen LogP contribution in [0.1, 0.15) is 37.9 Å². The Morgan fingerprint density at radius 2 is 2.10 bits per heavy atom. The zero-order chi connectivity index (χ0) is 13.8. The monoisotopic (exact) mass is 279 g/mol. The lowest BCUT2D eigenvalue weighted by Gasteiger charge is -2.34. The maximum absolute atomic E-state index is 8.84. The van der Waals surface area contributed by atoms with Gasteiger partial charge in [-0.15, -0.1) is 5.10 Å². The minimum atomic E-state index is 0.204. The van der Waals surface area contributed by atoms with Gasteiger partial charge in [-0.2, -0.15) is 4.98 Å². The van der Waals surface area contributed by atoms with Gasteiger partial charge in [0.15, 0.2) is 0 Å². The van der Waals surface area contributed by atoms with Crippen LogP contribution in [0.3, 0.4) is 0 Å². The quantitative estimate of drug-likeness (QED) is 0.739. The normalized spacial score (nSPS) is 24.4. The molecule has 2 saturated heterocycles. The molecule has 3 N–H and O–H groups in total. The highest BCUT2D eigenvalue weighted by molar-refractivity contribution is 5.29. The van der Waals surface area contributed by atoms with Crippen LogP contribution >= 0.6 is 0 Å². The first-order valence-electron chi connectivity index (χ1n) is 7.87. The number of aromatic nitrogens is 3. The lowest BCUT2D eigenvalue weighted by Crippen LogP contribution is -2.41. The summed E-state index contributed by atoms with van der Waals surface area (Å²) in [6, 6.07) is 0.740. The van der Waals surface area contributed by atoms with Crippen molar-refractivity contribution in [2.24, 2.45) is 5.92 Å². The van der Waals surface area contributed by atoms with Crippen molar-refractivity contribution in [3.05, 3.63) is 5.82 Å². The molecule has 0 spiro atoms. The number of hydrogen-bond acceptors (Lipinski definition) is 5. The Hall–Kier alpha value is -1.14. The smallest absolute Gasteiger partial charge is 0.244 e. The number of anilines is 1. The minimum absolute atomic E-state index is 0.204. The first-order chi connectivity index (χ1) is 9.86. The number of hydrogen-bond donors (Lipinski definition) is 3. The molecule has 20 heavy (non-hydrogen) atoms. The molecule has 0 aromatic carbocycles. The van der Waals surface area contributed by atoms with Crippen molar-refractivity contribution >= 4 is 5.95 Å². The number of nitrogens with zero attached hydrogens (tertiary/aromatic N) is 3. The second-order valence-corrected chi connectivity index (χ2v) is 5.94. The van der Waals surface area contributed by atoms with E-state index in [9.17, 15) is 0 Å². The summed E-state index contributed by atoms with van der Waals surface area (Å²) in [6.07, 6.45) is 6.66.